The van der Waals surface area contributed by atoms with E-state index in [9.17, 15) is 9.59 Å². The van der Waals surface area contributed by atoms with Crippen molar-refractivity contribution in [3.63, 3.8) is 0 Å². The number of carbonyl (C=O) groups excluding carboxylic acids is 2. The minimum absolute atomic E-state index is 0.0743. The zero-order valence-electron chi connectivity index (χ0n) is 9.87. The van der Waals surface area contributed by atoms with Crippen LogP contribution in [0.15, 0.2) is 14.9 Å². The maximum absolute atomic E-state index is 11.8. The van der Waals surface area contributed by atoms with Gasteiger partial charge in [0, 0.05) is 6.07 Å². The van der Waals surface area contributed by atoms with Crippen LogP contribution in [-0.2, 0) is 4.74 Å². The molecular weight excluding hydrogens is 292 g/mol. The molecule has 0 aliphatic rings. The van der Waals surface area contributed by atoms with Crippen LogP contribution in [0.1, 0.15) is 21.0 Å². The lowest BCUT2D eigenvalue weighted by molar-refractivity contribution is 0.0588. The van der Waals surface area contributed by atoms with E-state index in [-0.39, 0.29) is 11.5 Å². The van der Waals surface area contributed by atoms with Crippen LogP contribution in [0.3, 0.4) is 0 Å². The molecule has 0 aliphatic carbocycles. The lowest BCUT2D eigenvalue weighted by atomic mass is 10.3. The number of methoxy groups -OCH3 is 1. The first kappa shape index (κ1) is 13.5. The van der Waals surface area contributed by atoms with Crippen LogP contribution in [0.5, 0.6) is 0 Å². The zero-order valence-corrected chi connectivity index (χ0v) is 11.5. The topological polar surface area (TPSA) is 107 Å². The molecule has 0 fully saturated rings. The van der Waals surface area contributed by atoms with E-state index in [0.717, 1.165) is 4.34 Å². The fourth-order valence-electron chi connectivity index (χ4n) is 1.08. The number of hydrogen-bond donors (Lipinski definition) is 1. The molecule has 10 heteroatoms. The lowest BCUT2D eigenvalue weighted by Gasteiger charge is -1.94. The Morgan fingerprint density at radius 1 is 1.47 bits per heavy atom. The predicted octanol–water partition coefficient (Wildman–Crippen LogP) is 1.29. The Balaban J connectivity index is 2.07. The van der Waals surface area contributed by atoms with E-state index in [1.165, 1.54) is 36.3 Å². The molecule has 0 aromatic carbocycles. The molecular formula is C9H8N4O4S2. The Bertz CT molecular complexity index is 609. The number of rotatable bonds is 4. The van der Waals surface area contributed by atoms with Crippen molar-refractivity contribution < 1.29 is 18.8 Å². The highest BCUT2D eigenvalue weighted by Gasteiger charge is 2.19. The van der Waals surface area contributed by atoms with Crippen molar-refractivity contribution in [3.8, 4) is 0 Å². The van der Waals surface area contributed by atoms with Gasteiger partial charge in [-0.15, -0.1) is 10.2 Å². The molecule has 0 unspecified atom stereocenters. The summed E-state index contributed by atoms with van der Waals surface area (Å²) in [6, 6.07) is 1.19. The van der Waals surface area contributed by atoms with E-state index >= 15 is 0 Å². The van der Waals surface area contributed by atoms with E-state index in [0.29, 0.717) is 5.13 Å². The Hall–Kier alpha value is -1.94. The van der Waals surface area contributed by atoms with Crippen LogP contribution >= 0.6 is 23.1 Å². The van der Waals surface area contributed by atoms with Gasteiger partial charge in [-0.1, -0.05) is 28.3 Å². The van der Waals surface area contributed by atoms with Crippen LogP contribution in [0.25, 0.3) is 0 Å². The predicted molar refractivity (Wildman–Crippen MR) is 67.5 cm³/mol. The minimum Gasteiger partial charge on any atom is -0.464 e. The van der Waals surface area contributed by atoms with E-state index < -0.39 is 11.9 Å². The fourth-order valence-corrected chi connectivity index (χ4v) is 2.25. The van der Waals surface area contributed by atoms with Gasteiger partial charge in [-0.25, -0.2) is 4.79 Å². The fraction of sp³-hybridized carbons (Fsp3) is 0.222. The third kappa shape index (κ3) is 3.09. The molecule has 8 nitrogen and oxygen atoms in total. The number of nitrogens with one attached hydrogen (secondary N) is 1. The molecule has 0 radical (unpaired) electrons. The summed E-state index contributed by atoms with van der Waals surface area (Å²) in [4.78, 5) is 22.9. The quantitative estimate of drug-likeness (QED) is 0.511. The Labute approximate surface area is 115 Å². The van der Waals surface area contributed by atoms with E-state index in [1.54, 1.807) is 0 Å². The molecule has 1 N–H and O–H groups in total. The van der Waals surface area contributed by atoms with Crippen molar-refractivity contribution in [3.05, 3.63) is 17.5 Å². The number of aromatic nitrogens is 3. The van der Waals surface area contributed by atoms with Crippen LogP contribution in [-0.4, -0.2) is 40.6 Å². The molecule has 2 rings (SSSR count). The molecule has 19 heavy (non-hydrogen) atoms. The summed E-state index contributed by atoms with van der Waals surface area (Å²) < 4.78 is 9.92. The highest BCUT2D eigenvalue weighted by Crippen LogP contribution is 2.23. The molecule has 2 aromatic rings. The van der Waals surface area contributed by atoms with Gasteiger partial charge in [0.15, 0.2) is 10.0 Å². The SMILES string of the molecule is COC(=O)c1cc(C(=O)Nc2nnc(SC)s2)on1. The molecule has 2 heterocycles. The summed E-state index contributed by atoms with van der Waals surface area (Å²) in [6.07, 6.45) is 1.85. The first-order chi connectivity index (χ1) is 9.13. The number of hydrogen-bond acceptors (Lipinski definition) is 9. The molecule has 0 saturated heterocycles. The van der Waals surface area contributed by atoms with Crippen molar-refractivity contribution in [1.82, 2.24) is 15.4 Å². The van der Waals surface area contributed by atoms with Crippen LogP contribution < -0.4 is 5.32 Å². The normalized spacial score (nSPS) is 10.2. The van der Waals surface area contributed by atoms with Gasteiger partial charge in [0.2, 0.25) is 10.9 Å². The van der Waals surface area contributed by atoms with Crippen LogP contribution in [0.2, 0.25) is 0 Å². The molecule has 0 aliphatic heterocycles. The largest absolute Gasteiger partial charge is 0.464 e. The molecule has 0 saturated carbocycles. The van der Waals surface area contributed by atoms with Gasteiger partial charge < -0.3 is 9.26 Å². The van der Waals surface area contributed by atoms with Crippen molar-refractivity contribution in [2.75, 3.05) is 18.7 Å². The average Bonchev–Trinajstić information content (AvgIpc) is 3.06. The van der Waals surface area contributed by atoms with Crippen molar-refractivity contribution in [1.29, 1.82) is 0 Å². The zero-order chi connectivity index (χ0) is 13.8. The van der Waals surface area contributed by atoms with Gasteiger partial charge in [-0.05, 0) is 6.26 Å². The average molecular weight is 300 g/mol. The van der Waals surface area contributed by atoms with Crippen molar-refractivity contribution >= 4 is 40.1 Å². The maximum atomic E-state index is 11.8. The molecule has 1 amide bonds. The van der Waals surface area contributed by atoms with Crippen molar-refractivity contribution in [2.24, 2.45) is 0 Å². The summed E-state index contributed by atoms with van der Waals surface area (Å²) in [5.41, 5.74) is -0.0743. The number of amides is 1. The number of nitrogens with zero attached hydrogens (tertiary/aromatic N) is 3. The standard InChI is InChI=1S/C9H8N4O4S2/c1-16-7(15)4-3-5(17-13-4)6(14)10-8-11-12-9(18-2)19-8/h3H,1-2H3,(H,10,11,14). The monoisotopic (exact) mass is 300 g/mol. The summed E-state index contributed by atoms with van der Waals surface area (Å²) in [6.45, 7) is 0. The van der Waals surface area contributed by atoms with E-state index in [4.69, 9.17) is 4.52 Å². The molecule has 2 aromatic heterocycles. The first-order valence-electron chi connectivity index (χ1n) is 4.88. The molecule has 100 valence electrons. The third-order valence-electron chi connectivity index (χ3n) is 1.93. The van der Waals surface area contributed by atoms with Gasteiger partial charge in [0.05, 0.1) is 7.11 Å². The second-order valence-corrected chi connectivity index (χ2v) is 5.13. The molecule has 0 spiro atoms. The highest BCUT2D eigenvalue weighted by molar-refractivity contribution is 8.00. The van der Waals surface area contributed by atoms with Crippen LogP contribution in [0.4, 0.5) is 5.13 Å². The lowest BCUT2D eigenvalue weighted by Crippen LogP contribution is -2.10. The number of ether oxygens (including phenoxy) is 1. The second kappa shape index (κ2) is 5.80. The number of carbonyl (C=O) groups is 2. The van der Waals surface area contributed by atoms with Gasteiger partial charge in [-0.3, -0.25) is 10.1 Å². The number of anilines is 1. The summed E-state index contributed by atoms with van der Waals surface area (Å²) in [7, 11) is 1.21. The summed E-state index contributed by atoms with van der Waals surface area (Å²) in [5, 5.41) is 13.8. The molecule has 0 atom stereocenters. The minimum atomic E-state index is -0.677. The first-order valence-corrected chi connectivity index (χ1v) is 6.92. The van der Waals surface area contributed by atoms with Crippen LogP contribution in [0, 0.1) is 0 Å². The summed E-state index contributed by atoms with van der Waals surface area (Å²) in [5.74, 6) is -1.35. The highest BCUT2D eigenvalue weighted by atomic mass is 32.2. The van der Waals surface area contributed by atoms with E-state index in [1.807, 2.05) is 6.26 Å². The van der Waals surface area contributed by atoms with Crippen molar-refractivity contribution in [2.45, 2.75) is 4.34 Å². The van der Waals surface area contributed by atoms with Gasteiger partial charge >= 0.3 is 5.97 Å². The Morgan fingerprint density at radius 3 is 2.89 bits per heavy atom. The molecule has 0 bridgehead atoms. The Morgan fingerprint density at radius 2 is 2.26 bits per heavy atom. The second-order valence-electron chi connectivity index (χ2n) is 3.10. The third-order valence-corrected chi connectivity index (χ3v) is 3.74. The van der Waals surface area contributed by atoms with Gasteiger partial charge in [0.25, 0.3) is 5.91 Å². The van der Waals surface area contributed by atoms with Gasteiger partial charge in [0.1, 0.15) is 0 Å². The summed E-state index contributed by atoms with van der Waals surface area (Å²) >= 11 is 2.65. The number of thioether (sulfide) groups is 1. The van der Waals surface area contributed by atoms with E-state index in [2.05, 4.69) is 25.4 Å². The van der Waals surface area contributed by atoms with Gasteiger partial charge in [-0.2, -0.15) is 0 Å². The number of esters is 1. The smallest absolute Gasteiger partial charge is 0.360 e. The Kier molecular flexibility index (Phi) is 4.12. The maximum Gasteiger partial charge on any atom is 0.360 e.